The summed E-state index contributed by atoms with van der Waals surface area (Å²) in [4.78, 5) is 27.4. The third-order valence-electron chi connectivity index (χ3n) is 4.95. The molecular weight excluding hydrogens is 350 g/mol. The van der Waals surface area contributed by atoms with Crippen LogP contribution in [0.15, 0.2) is 60.7 Å². The van der Waals surface area contributed by atoms with Crippen LogP contribution >= 0.6 is 0 Å². The van der Waals surface area contributed by atoms with Gasteiger partial charge in [-0.2, -0.15) is 0 Å². The summed E-state index contributed by atoms with van der Waals surface area (Å²) in [5, 5.41) is 2.91. The second-order valence-corrected chi connectivity index (χ2v) is 7.54. The molecule has 28 heavy (non-hydrogen) atoms. The molecule has 0 aliphatic carbocycles. The van der Waals surface area contributed by atoms with Crippen molar-refractivity contribution in [1.29, 1.82) is 0 Å². The molecule has 5 heteroatoms. The van der Waals surface area contributed by atoms with E-state index in [1.165, 1.54) is 0 Å². The highest BCUT2D eigenvalue weighted by Crippen LogP contribution is 2.09. The van der Waals surface area contributed by atoms with Gasteiger partial charge in [0.1, 0.15) is 6.04 Å². The number of hydrogen-bond acceptors (Lipinski definition) is 3. The molecule has 0 aliphatic heterocycles. The number of carbonyl (C=O) groups excluding carboxylic acids is 2. The fourth-order valence-electron chi connectivity index (χ4n) is 2.93. The van der Waals surface area contributed by atoms with Crippen molar-refractivity contribution in [2.24, 2.45) is 11.7 Å². The summed E-state index contributed by atoms with van der Waals surface area (Å²) in [5.41, 5.74) is 7.65. The van der Waals surface area contributed by atoms with Gasteiger partial charge in [0.15, 0.2) is 0 Å². The lowest BCUT2D eigenvalue weighted by atomic mass is 10.0. The number of likely N-dealkylation sites (N-methyl/N-ethyl adjacent to an activating group) is 1. The molecule has 2 rings (SSSR count). The number of benzene rings is 2. The van der Waals surface area contributed by atoms with E-state index in [1.54, 1.807) is 24.1 Å². The van der Waals surface area contributed by atoms with E-state index in [1.807, 2.05) is 48.5 Å². The van der Waals surface area contributed by atoms with Gasteiger partial charge in [-0.25, -0.2) is 0 Å². The summed E-state index contributed by atoms with van der Waals surface area (Å²) < 4.78 is 0. The zero-order chi connectivity index (χ0) is 20.5. The van der Waals surface area contributed by atoms with Gasteiger partial charge in [0.05, 0.1) is 0 Å². The molecule has 2 aromatic carbocycles. The molecule has 2 aromatic rings. The van der Waals surface area contributed by atoms with E-state index in [2.05, 4.69) is 19.2 Å². The predicted molar refractivity (Wildman–Crippen MR) is 113 cm³/mol. The average Bonchev–Trinajstić information content (AvgIpc) is 2.71. The van der Waals surface area contributed by atoms with E-state index in [-0.39, 0.29) is 17.9 Å². The fourth-order valence-corrected chi connectivity index (χ4v) is 2.93. The van der Waals surface area contributed by atoms with Gasteiger partial charge in [0, 0.05) is 31.6 Å². The Morgan fingerprint density at radius 3 is 2.14 bits per heavy atom. The van der Waals surface area contributed by atoms with Crippen molar-refractivity contribution >= 4 is 11.8 Å². The van der Waals surface area contributed by atoms with Crippen molar-refractivity contribution in [3.63, 3.8) is 0 Å². The highest BCUT2D eigenvalue weighted by molar-refractivity contribution is 5.97. The zero-order valence-electron chi connectivity index (χ0n) is 17.0. The van der Waals surface area contributed by atoms with E-state index in [9.17, 15) is 9.59 Å². The number of carbonyl (C=O) groups is 2. The third kappa shape index (κ3) is 6.50. The Kier molecular flexibility index (Phi) is 8.20. The molecule has 0 aliphatic rings. The van der Waals surface area contributed by atoms with E-state index in [0.29, 0.717) is 24.4 Å². The molecule has 2 unspecified atom stereocenters. The SMILES string of the molecule is CC(C)C(N)CCN(C)C(=O)C(Cc1ccccc1)NC(=O)c1ccccc1. The standard InChI is InChI=1S/C23H31N3O2/c1-17(2)20(24)14-15-26(3)23(28)21(16-18-10-6-4-7-11-18)25-22(27)19-12-8-5-9-13-19/h4-13,17,20-21H,14-16,24H2,1-3H3,(H,25,27). The largest absolute Gasteiger partial charge is 0.344 e. The minimum Gasteiger partial charge on any atom is -0.344 e. The van der Waals surface area contributed by atoms with Gasteiger partial charge >= 0.3 is 0 Å². The Balaban J connectivity index is 2.10. The van der Waals surface area contributed by atoms with Crippen molar-refractivity contribution in [3.05, 3.63) is 71.8 Å². The summed E-state index contributed by atoms with van der Waals surface area (Å²) in [5.74, 6) is 0.00709. The summed E-state index contributed by atoms with van der Waals surface area (Å²) in [7, 11) is 1.77. The van der Waals surface area contributed by atoms with Gasteiger partial charge in [0.2, 0.25) is 5.91 Å². The maximum Gasteiger partial charge on any atom is 0.251 e. The molecule has 0 fully saturated rings. The Morgan fingerprint density at radius 2 is 1.57 bits per heavy atom. The molecule has 5 nitrogen and oxygen atoms in total. The summed E-state index contributed by atoms with van der Waals surface area (Å²) in [6.45, 7) is 4.71. The first kappa shape index (κ1) is 21.6. The van der Waals surface area contributed by atoms with Crippen LogP contribution in [-0.2, 0) is 11.2 Å². The monoisotopic (exact) mass is 381 g/mol. The number of nitrogens with one attached hydrogen (secondary N) is 1. The van der Waals surface area contributed by atoms with E-state index < -0.39 is 6.04 Å². The van der Waals surface area contributed by atoms with Crippen molar-refractivity contribution in [2.45, 2.75) is 38.8 Å². The van der Waals surface area contributed by atoms with Crippen LogP contribution in [0.4, 0.5) is 0 Å². The normalized spacial score (nSPS) is 13.0. The van der Waals surface area contributed by atoms with Gasteiger partial charge in [-0.05, 0) is 30.0 Å². The maximum absolute atomic E-state index is 13.1. The van der Waals surface area contributed by atoms with Gasteiger partial charge in [-0.15, -0.1) is 0 Å². The van der Waals surface area contributed by atoms with Crippen LogP contribution in [-0.4, -0.2) is 42.4 Å². The quantitative estimate of drug-likeness (QED) is 0.701. The van der Waals surface area contributed by atoms with Gasteiger partial charge in [-0.3, -0.25) is 9.59 Å². The smallest absolute Gasteiger partial charge is 0.251 e. The molecule has 0 saturated heterocycles. The van der Waals surface area contributed by atoms with E-state index in [4.69, 9.17) is 5.73 Å². The van der Waals surface area contributed by atoms with Crippen molar-refractivity contribution in [1.82, 2.24) is 10.2 Å². The molecule has 0 bridgehead atoms. The van der Waals surface area contributed by atoms with Crippen molar-refractivity contribution in [2.75, 3.05) is 13.6 Å². The van der Waals surface area contributed by atoms with Crippen LogP contribution in [0, 0.1) is 5.92 Å². The molecule has 3 N–H and O–H groups in total. The number of nitrogens with zero attached hydrogens (tertiary/aromatic N) is 1. The van der Waals surface area contributed by atoms with Crippen molar-refractivity contribution < 1.29 is 9.59 Å². The van der Waals surface area contributed by atoms with Crippen molar-refractivity contribution in [3.8, 4) is 0 Å². The van der Waals surface area contributed by atoms with E-state index >= 15 is 0 Å². The van der Waals surface area contributed by atoms with Gasteiger partial charge in [-0.1, -0.05) is 62.4 Å². The molecule has 0 radical (unpaired) electrons. The van der Waals surface area contributed by atoms with Crippen LogP contribution in [0.5, 0.6) is 0 Å². The minimum absolute atomic E-state index is 0.0433. The second-order valence-electron chi connectivity index (χ2n) is 7.54. The van der Waals surface area contributed by atoms with Crippen LogP contribution in [0.1, 0.15) is 36.2 Å². The zero-order valence-corrected chi connectivity index (χ0v) is 17.0. The topological polar surface area (TPSA) is 75.4 Å². The fraction of sp³-hybridized carbons (Fsp3) is 0.391. The first-order chi connectivity index (χ1) is 13.4. The summed E-state index contributed by atoms with van der Waals surface area (Å²) in [6, 6.07) is 18.1. The molecular formula is C23H31N3O2. The Morgan fingerprint density at radius 1 is 1.00 bits per heavy atom. The Hall–Kier alpha value is -2.66. The molecule has 0 heterocycles. The van der Waals surface area contributed by atoms with Crippen LogP contribution < -0.4 is 11.1 Å². The molecule has 0 spiro atoms. The Bertz CT molecular complexity index is 747. The second kappa shape index (κ2) is 10.6. The lowest BCUT2D eigenvalue weighted by Crippen LogP contribution is -2.49. The maximum atomic E-state index is 13.1. The highest BCUT2D eigenvalue weighted by Gasteiger charge is 2.25. The van der Waals surface area contributed by atoms with Gasteiger partial charge < -0.3 is 16.0 Å². The Labute approximate surface area is 167 Å². The molecule has 0 aromatic heterocycles. The first-order valence-electron chi connectivity index (χ1n) is 9.79. The molecule has 2 atom stereocenters. The lowest BCUT2D eigenvalue weighted by Gasteiger charge is -2.26. The molecule has 2 amide bonds. The number of amides is 2. The van der Waals surface area contributed by atoms with Crippen LogP contribution in [0.2, 0.25) is 0 Å². The molecule has 150 valence electrons. The third-order valence-corrected chi connectivity index (χ3v) is 4.95. The first-order valence-corrected chi connectivity index (χ1v) is 9.79. The number of rotatable bonds is 9. The highest BCUT2D eigenvalue weighted by atomic mass is 16.2. The van der Waals surface area contributed by atoms with Crippen LogP contribution in [0.25, 0.3) is 0 Å². The predicted octanol–water partition coefficient (Wildman–Crippen LogP) is 2.86. The minimum atomic E-state index is -0.629. The summed E-state index contributed by atoms with van der Waals surface area (Å²) >= 11 is 0. The van der Waals surface area contributed by atoms with Gasteiger partial charge in [0.25, 0.3) is 5.91 Å². The average molecular weight is 382 g/mol. The molecule has 0 saturated carbocycles. The number of hydrogen-bond donors (Lipinski definition) is 2. The van der Waals surface area contributed by atoms with Crippen LogP contribution in [0.3, 0.4) is 0 Å². The summed E-state index contributed by atoms with van der Waals surface area (Å²) in [6.07, 6.45) is 1.17. The number of nitrogens with two attached hydrogens (primary N) is 1. The lowest BCUT2D eigenvalue weighted by molar-refractivity contribution is -0.132. The van der Waals surface area contributed by atoms with E-state index in [0.717, 1.165) is 12.0 Å².